The van der Waals surface area contributed by atoms with Gasteiger partial charge in [0.25, 0.3) is 0 Å². The largest absolute Gasteiger partial charge is 0.338 e. The molecule has 2 aromatic rings. The summed E-state index contributed by atoms with van der Waals surface area (Å²) in [6.45, 7) is 4.02. The molecular weight excluding hydrogens is 347 g/mol. The molecule has 0 aromatic heterocycles. The molecular formula is C18H20Cl2N2S. The van der Waals surface area contributed by atoms with Crippen LogP contribution in [0.1, 0.15) is 6.92 Å². The number of hydrogen-bond acceptors (Lipinski definition) is 3. The number of benzene rings is 2. The maximum Gasteiger partial charge on any atom is 0.0568 e. The first-order valence-electron chi connectivity index (χ1n) is 7.70. The van der Waals surface area contributed by atoms with Crippen LogP contribution in [0.3, 0.4) is 0 Å². The van der Waals surface area contributed by atoms with Crippen molar-refractivity contribution in [1.29, 1.82) is 0 Å². The summed E-state index contributed by atoms with van der Waals surface area (Å²) in [5.74, 6) is 0.649. The second-order valence-electron chi connectivity index (χ2n) is 5.81. The lowest BCUT2D eigenvalue weighted by atomic mass is 10.2. The van der Waals surface area contributed by atoms with Gasteiger partial charge in [-0.15, -0.1) is 11.6 Å². The van der Waals surface area contributed by atoms with Gasteiger partial charge in [0.2, 0.25) is 0 Å². The van der Waals surface area contributed by atoms with Crippen molar-refractivity contribution in [2.24, 2.45) is 0 Å². The van der Waals surface area contributed by atoms with E-state index in [-0.39, 0.29) is 0 Å². The first kappa shape index (κ1) is 17.0. The lowest BCUT2D eigenvalue weighted by molar-refractivity contribution is 0.277. The van der Waals surface area contributed by atoms with E-state index in [9.17, 15) is 0 Å². The molecule has 0 amide bonds. The molecule has 1 heterocycles. The number of fused-ring (bicyclic) bond motifs is 2. The standard InChI is InChI=1S/C18H20Cl2N2S/c1-13(21(2)10-9-19)12-22-15-5-3-4-6-17(15)23-18-8-7-14(20)11-16(18)22/h3-8,11,13H,9-10,12H2,1-2H3/t13-/m0/s1. The summed E-state index contributed by atoms with van der Waals surface area (Å²) in [6.07, 6.45) is 0. The van der Waals surface area contributed by atoms with Gasteiger partial charge in [-0.05, 0) is 44.3 Å². The van der Waals surface area contributed by atoms with Crippen molar-refractivity contribution in [2.75, 3.05) is 30.9 Å². The van der Waals surface area contributed by atoms with Crippen molar-refractivity contribution in [3.05, 3.63) is 47.5 Å². The molecule has 0 saturated carbocycles. The molecule has 3 rings (SSSR count). The van der Waals surface area contributed by atoms with Crippen LogP contribution >= 0.6 is 35.0 Å². The number of rotatable bonds is 5. The fourth-order valence-corrected chi connectivity index (χ4v) is 4.27. The normalized spacial score (nSPS) is 14.6. The van der Waals surface area contributed by atoms with Crippen LogP contribution < -0.4 is 4.90 Å². The number of anilines is 2. The fourth-order valence-electron chi connectivity index (χ4n) is 2.76. The minimum absolute atomic E-state index is 0.386. The molecule has 0 spiro atoms. The van der Waals surface area contributed by atoms with Gasteiger partial charge < -0.3 is 9.80 Å². The van der Waals surface area contributed by atoms with Crippen LogP contribution in [0.15, 0.2) is 52.3 Å². The number of para-hydroxylation sites is 1. The van der Waals surface area contributed by atoms with Gasteiger partial charge in [0.1, 0.15) is 0 Å². The van der Waals surface area contributed by atoms with Gasteiger partial charge in [-0.3, -0.25) is 0 Å². The highest BCUT2D eigenvalue weighted by atomic mass is 35.5. The zero-order valence-electron chi connectivity index (χ0n) is 13.3. The summed E-state index contributed by atoms with van der Waals surface area (Å²) in [4.78, 5) is 7.21. The van der Waals surface area contributed by atoms with Gasteiger partial charge in [-0.2, -0.15) is 0 Å². The summed E-state index contributed by atoms with van der Waals surface area (Å²) in [6, 6.07) is 15.1. The van der Waals surface area contributed by atoms with Crippen LogP contribution in [0.2, 0.25) is 5.02 Å². The molecule has 0 saturated heterocycles. The van der Waals surface area contributed by atoms with Gasteiger partial charge >= 0.3 is 0 Å². The van der Waals surface area contributed by atoms with E-state index in [1.165, 1.54) is 21.2 Å². The predicted octanol–water partition coefficient (Wildman–Crippen LogP) is 5.50. The zero-order chi connectivity index (χ0) is 16.4. The molecule has 2 aromatic carbocycles. The van der Waals surface area contributed by atoms with Crippen molar-refractivity contribution in [3.63, 3.8) is 0 Å². The first-order valence-corrected chi connectivity index (χ1v) is 9.43. The van der Waals surface area contributed by atoms with E-state index in [1.54, 1.807) is 11.8 Å². The van der Waals surface area contributed by atoms with Crippen LogP contribution in [0, 0.1) is 0 Å². The molecule has 0 fully saturated rings. The number of hydrogen-bond donors (Lipinski definition) is 0. The van der Waals surface area contributed by atoms with Gasteiger partial charge in [0.15, 0.2) is 0 Å². The molecule has 122 valence electrons. The van der Waals surface area contributed by atoms with Gasteiger partial charge in [0, 0.05) is 39.8 Å². The minimum Gasteiger partial charge on any atom is -0.338 e. The maximum absolute atomic E-state index is 6.25. The van der Waals surface area contributed by atoms with Crippen LogP contribution in [0.4, 0.5) is 11.4 Å². The Kier molecular flexibility index (Phi) is 5.42. The fraction of sp³-hybridized carbons (Fsp3) is 0.333. The minimum atomic E-state index is 0.386. The van der Waals surface area contributed by atoms with E-state index in [0.29, 0.717) is 11.9 Å². The zero-order valence-corrected chi connectivity index (χ0v) is 15.6. The number of halogens is 2. The Hall–Kier alpha value is -0.870. The quantitative estimate of drug-likeness (QED) is 0.644. The molecule has 0 radical (unpaired) electrons. The number of alkyl halides is 1. The van der Waals surface area contributed by atoms with Crippen molar-refractivity contribution in [1.82, 2.24) is 4.90 Å². The molecule has 0 aliphatic carbocycles. The van der Waals surface area contributed by atoms with Crippen molar-refractivity contribution in [3.8, 4) is 0 Å². The second-order valence-corrected chi connectivity index (χ2v) is 7.71. The molecule has 0 N–H and O–H groups in total. The Balaban J connectivity index is 1.96. The molecule has 5 heteroatoms. The van der Waals surface area contributed by atoms with E-state index in [4.69, 9.17) is 23.2 Å². The summed E-state index contributed by atoms with van der Waals surface area (Å²) in [7, 11) is 2.12. The van der Waals surface area contributed by atoms with E-state index in [2.05, 4.69) is 60.2 Å². The van der Waals surface area contributed by atoms with E-state index >= 15 is 0 Å². The summed E-state index contributed by atoms with van der Waals surface area (Å²) < 4.78 is 0. The van der Waals surface area contributed by atoms with E-state index in [0.717, 1.165) is 18.1 Å². The maximum atomic E-state index is 6.25. The lowest BCUT2D eigenvalue weighted by Crippen LogP contribution is -2.40. The van der Waals surface area contributed by atoms with Crippen molar-refractivity contribution >= 4 is 46.3 Å². The summed E-state index contributed by atoms with van der Waals surface area (Å²) in [5.41, 5.74) is 2.44. The smallest absolute Gasteiger partial charge is 0.0568 e. The Labute approximate surface area is 152 Å². The molecule has 0 bridgehead atoms. The van der Waals surface area contributed by atoms with Gasteiger partial charge in [0.05, 0.1) is 11.4 Å². The van der Waals surface area contributed by atoms with Crippen LogP contribution in [-0.2, 0) is 0 Å². The number of nitrogens with zero attached hydrogens (tertiary/aromatic N) is 2. The molecule has 0 unspecified atom stereocenters. The van der Waals surface area contributed by atoms with Crippen LogP contribution in [0.25, 0.3) is 0 Å². The highest BCUT2D eigenvalue weighted by molar-refractivity contribution is 7.99. The average Bonchev–Trinajstić information content (AvgIpc) is 2.55. The summed E-state index contributed by atoms with van der Waals surface area (Å²) >= 11 is 13.9. The third-order valence-corrected chi connectivity index (χ3v) is 5.76. The highest BCUT2D eigenvalue weighted by Gasteiger charge is 2.25. The molecule has 1 atom stereocenters. The molecule has 1 aliphatic heterocycles. The lowest BCUT2D eigenvalue weighted by Gasteiger charge is -2.36. The predicted molar refractivity (Wildman–Crippen MR) is 102 cm³/mol. The molecule has 1 aliphatic rings. The van der Waals surface area contributed by atoms with Gasteiger partial charge in [-0.25, -0.2) is 0 Å². The van der Waals surface area contributed by atoms with Gasteiger partial charge in [-0.1, -0.05) is 35.5 Å². The van der Waals surface area contributed by atoms with E-state index < -0.39 is 0 Å². The van der Waals surface area contributed by atoms with Crippen molar-refractivity contribution < 1.29 is 0 Å². The Morgan fingerprint density at radius 3 is 2.65 bits per heavy atom. The molecule has 23 heavy (non-hydrogen) atoms. The number of likely N-dealkylation sites (N-methyl/N-ethyl adjacent to an activating group) is 1. The Morgan fingerprint density at radius 1 is 1.13 bits per heavy atom. The monoisotopic (exact) mass is 366 g/mol. The SMILES string of the molecule is C[C@@H](CN1c2ccccc2Sc2ccc(Cl)cc21)N(C)CCCl. The average molecular weight is 367 g/mol. The highest BCUT2D eigenvalue weighted by Crippen LogP contribution is 2.48. The van der Waals surface area contributed by atoms with Crippen LogP contribution in [-0.4, -0.2) is 37.0 Å². The van der Waals surface area contributed by atoms with Crippen LogP contribution in [0.5, 0.6) is 0 Å². The first-order chi connectivity index (χ1) is 11.1. The third-order valence-electron chi connectivity index (χ3n) is 4.22. The molecule has 2 nitrogen and oxygen atoms in total. The second kappa shape index (κ2) is 7.35. The Morgan fingerprint density at radius 2 is 1.87 bits per heavy atom. The topological polar surface area (TPSA) is 6.48 Å². The van der Waals surface area contributed by atoms with E-state index in [1.807, 2.05) is 6.07 Å². The Bertz CT molecular complexity index is 692. The van der Waals surface area contributed by atoms with Crippen molar-refractivity contribution in [2.45, 2.75) is 22.8 Å². The third kappa shape index (κ3) is 3.63. The summed E-state index contributed by atoms with van der Waals surface area (Å²) in [5, 5.41) is 0.774.